The smallest absolute Gasteiger partial charge is 0.381 e. The maximum Gasteiger partial charge on any atom is 0.417 e. The fraction of sp³-hybridized carbons (Fsp3) is 0.154. The molecule has 20 heavy (non-hydrogen) atoms. The Kier molecular flexibility index (Phi) is 4.70. The number of pyridine rings is 1. The third-order valence-corrected chi connectivity index (χ3v) is 3.66. The molecule has 106 valence electrons. The molecule has 0 aliphatic rings. The highest BCUT2D eigenvalue weighted by Crippen LogP contribution is 2.36. The Bertz CT molecular complexity index is 615. The molecule has 2 aromatic rings. The average Bonchev–Trinajstić information content (AvgIpc) is 2.36. The topological polar surface area (TPSA) is 24.9 Å². The number of nitrogens with zero attached hydrogens (tertiary/aromatic N) is 1. The van der Waals surface area contributed by atoms with Crippen LogP contribution in [0.15, 0.2) is 45.6 Å². The zero-order valence-corrected chi connectivity index (χ0v) is 13.2. The summed E-state index contributed by atoms with van der Waals surface area (Å²) >= 11 is 6.20. The summed E-state index contributed by atoms with van der Waals surface area (Å²) in [6, 6.07) is 5.90. The van der Waals surface area contributed by atoms with Crippen LogP contribution >= 0.6 is 31.9 Å². The number of hydrogen-bond donors (Lipinski definition) is 1. The van der Waals surface area contributed by atoms with E-state index in [0.29, 0.717) is 12.2 Å². The number of alkyl halides is 3. The van der Waals surface area contributed by atoms with Crippen LogP contribution in [-0.2, 0) is 12.7 Å². The summed E-state index contributed by atoms with van der Waals surface area (Å²) in [6.45, 7) is 0.394. The minimum absolute atomic E-state index is 0.0275. The summed E-state index contributed by atoms with van der Waals surface area (Å²) in [5.74, 6) is 0. The van der Waals surface area contributed by atoms with Crippen molar-refractivity contribution < 1.29 is 13.2 Å². The Labute approximate surface area is 130 Å². The van der Waals surface area contributed by atoms with Gasteiger partial charge in [-0.25, -0.2) is 0 Å². The third-order valence-electron chi connectivity index (χ3n) is 2.53. The lowest BCUT2D eigenvalue weighted by Gasteiger charge is -2.12. The molecule has 0 fully saturated rings. The molecule has 2 rings (SSSR count). The first-order valence-electron chi connectivity index (χ1n) is 5.56. The fourth-order valence-corrected chi connectivity index (χ4v) is 2.49. The van der Waals surface area contributed by atoms with E-state index in [4.69, 9.17) is 0 Å². The minimum atomic E-state index is -4.38. The highest BCUT2D eigenvalue weighted by atomic mass is 79.9. The minimum Gasteiger partial charge on any atom is -0.381 e. The molecule has 0 aliphatic heterocycles. The molecular weight excluding hydrogens is 401 g/mol. The van der Waals surface area contributed by atoms with Gasteiger partial charge in [-0.3, -0.25) is 4.98 Å². The number of aromatic nitrogens is 1. The van der Waals surface area contributed by atoms with Gasteiger partial charge < -0.3 is 5.32 Å². The molecule has 0 unspecified atom stereocenters. The molecule has 1 heterocycles. The molecule has 0 bridgehead atoms. The summed E-state index contributed by atoms with van der Waals surface area (Å²) in [7, 11) is 0. The maximum atomic E-state index is 12.8. The van der Waals surface area contributed by atoms with Gasteiger partial charge in [-0.05, 0) is 45.8 Å². The van der Waals surface area contributed by atoms with E-state index in [1.54, 1.807) is 18.5 Å². The lowest BCUT2D eigenvalue weighted by Crippen LogP contribution is -2.07. The summed E-state index contributed by atoms with van der Waals surface area (Å²) in [4.78, 5) is 3.99. The van der Waals surface area contributed by atoms with E-state index in [1.807, 2.05) is 6.07 Å². The fourth-order valence-electron chi connectivity index (χ4n) is 1.61. The second-order valence-corrected chi connectivity index (χ2v) is 5.83. The monoisotopic (exact) mass is 408 g/mol. The van der Waals surface area contributed by atoms with Gasteiger partial charge in [0.2, 0.25) is 0 Å². The van der Waals surface area contributed by atoms with E-state index >= 15 is 0 Å². The van der Waals surface area contributed by atoms with Gasteiger partial charge in [-0.2, -0.15) is 13.2 Å². The van der Waals surface area contributed by atoms with Crippen LogP contribution in [0.2, 0.25) is 0 Å². The van der Waals surface area contributed by atoms with Crippen molar-refractivity contribution in [3.8, 4) is 0 Å². The van der Waals surface area contributed by atoms with Crippen LogP contribution in [0.1, 0.15) is 11.1 Å². The van der Waals surface area contributed by atoms with Gasteiger partial charge in [0, 0.05) is 33.6 Å². The van der Waals surface area contributed by atoms with Crippen LogP contribution in [0.25, 0.3) is 0 Å². The average molecular weight is 410 g/mol. The van der Waals surface area contributed by atoms with Gasteiger partial charge >= 0.3 is 6.18 Å². The van der Waals surface area contributed by atoms with Crippen LogP contribution in [-0.4, -0.2) is 4.98 Å². The van der Waals surface area contributed by atoms with Crippen molar-refractivity contribution in [1.29, 1.82) is 0 Å². The molecule has 0 saturated carbocycles. The number of halogens is 5. The molecular formula is C13H9Br2F3N2. The Morgan fingerprint density at radius 2 is 1.85 bits per heavy atom. The second kappa shape index (κ2) is 6.13. The van der Waals surface area contributed by atoms with E-state index in [2.05, 4.69) is 42.2 Å². The van der Waals surface area contributed by atoms with E-state index in [-0.39, 0.29) is 4.47 Å². The predicted molar refractivity (Wildman–Crippen MR) is 78.4 cm³/mol. The predicted octanol–water partition coefficient (Wildman–Crippen LogP) is 5.24. The molecule has 0 aliphatic carbocycles. The lowest BCUT2D eigenvalue weighted by molar-refractivity contribution is -0.138. The van der Waals surface area contributed by atoms with Crippen LogP contribution in [0, 0.1) is 0 Å². The van der Waals surface area contributed by atoms with Crippen molar-refractivity contribution in [2.75, 3.05) is 5.32 Å². The molecule has 1 aromatic heterocycles. The quantitative estimate of drug-likeness (QED) is 0.749. The number of rotatable bonds is 3. The largest absolute Gasteiger partial charge is 0.417 e. The van der Waals surface area contributed by atoms with Gasteiger partial charge in [-0.1, -0.05) is 15.9 Å². The van der Waals surface area contributed by atoms with Crippen molar-refractivity contribution in [2.24, 2.45) is 0 Å². The Morgan fingerprint density at radius 3 is 2.50 bits per heavy atom. The first kappa shape index (κ1) is 15.3. The molecule has 0 amide bonds. The molecule has 0 saturated heterocycles. The van der Waals surface area contributed by atoms with Crippen molar-refractivity contribution in [2.45, 2.75) is 12.7 Å². The zero-order chi connectivity index (χ0) is 14.8. The van der Waals surface area contributed by atoms with Gasteiger partial charge in [0.15, 0.2) is 0 Å². The number of benzene rings is 1. The van der Waals surface area contributed by atoms with Crippen LogP contribution in [0.3, 0.4) is 0 Å². The molecule has 1 N–H and O–H groups in total. The standard InChI is InChI=1S/C13H9Br2F3N2/c14-9-3-8(5-19-7-9)6-20-10-1-2-12(15)11(4-10)13(16,17)18/h1-5,7,20H,6H2. The molecule has 7 heteroatoms. The maximum absolute atomic E-state index is 12.8. The normalized spacial score (nSPS) is 11.4. The van der Waals surface area contributed by atoms with Gasteiger partial charge in [-0.15, -0.1) is 0 Å². The van der Waals surface area contributed by atoms with Crippen molar-refractivity contribution in [3.05, 3.63) is 56.7 Å². The van der Waals surface area contributed by atoms with Gasteiger partial charge in [0.05, 0.1) is 5.56 Å². The SMILES string of the molecule is FC(F)(F)c1cc(NCc2cncc(Br)c2)ccc1Br. The summed E-state index contributed by atoms with van der Waals surface area (Å²) in [5, 5.41) is 2.95. The molecule has 2 nitrogen and oxygen atoms in total. The van der Waals surface area contributed by atoms with Crippen molar-refractivity contribution in [1.82, 2.24) is 4.98 Å². The highest BCUT2D eigenvalue weighted by Gasteiger charge is 2.33. The van der Waals surface area contributed by atoms with Gasteiger partial charge in [0.25, 0.3) is 0 Å². The Balaban J connectivity index is 2.14. The molecule has 1 aromatic carbocycles. The summed E-state index contributed by atoms with van der Waals surface area (Å²) < 4.78 is 39.2. The van der Waals surface area contributed by atoms with Crippen molar-refractivity contribution in [3.63, 3.8) is 0 Å². The third kappa shape index (κ3) is 3.96. The van der Waals surface area contributed by atoms with E-state index < -0.39 is 11.7 Å². The zero-order valence-electron chi connectivity index (χ0n) is 10.0. The molecule has 0 spiro atoms. The molecule has 0 radical (unpaired) electrons. The number of nitrogens with one attached hydrogen (secondary N) is 1. The van der Waals surface area contributed by atoms with Crippen LogP contribution < -0.4 is 5.32 Å². The van der Waals surface area contributed by atoms with Crippen molar-refractivity contribution >= 4 is 37.5 Å². The first-order chi connectivity index (χ1) is 9.36. The molecule has 0 atom stereocenters. The number of anilines is 1. The first-order valence-corrected chi connectivity index (χ1v) is 7.15. The summed E-state index contributed by atoms with van der Waals surface area (Å²) in [6.07, 6.45) is -1.08. The van der Waals surface area contributed by atoms with E-state index in [1.165, 1.54) is 6.07 Å². The second-order valence-electron chi connectivity index (χ2n) is 4.06. The van der Waals surface area contributed by atoms with E-state index in [0.717, 1.165) is 16.1 Å². The van der Waals surface area contributed by atoms with Crippen LogP contribution in [0.5, 0.6) is 0 Å². The van der Waals surface area contributed by atoms with Crippen LogP contribution in [0.4, 0.5) is 18.9 Å². The Hall–Kier alpha value is -1.08. The Morgan fingerprint density at radius 1 is 1.10 bits per heavy atom. The summed E-state index contributed by atoms with van der Waals surface area (Å²) in [5.41, 5.74) is 0.575. The number of hydrogen-bond acceptors (Lipinski definition) is 2. The van der Waals surface area contributed by atoms with Gasteiger partial charge in [0.1, 0.15) is 0 Å². The van der Waals surface area contributed by atoms with E-state index in [9.17, 15) is 13.2 Å². The lowest BCUT2D eigenvalue weighted by atomic mass is 10.2. The highest BCUT2D eigenvalue weighted by molar-refractivity contribution is 9.10.